The van der Waals surface area contributed by atoms with Gasteiger partial charge in [0.15, 0.2) is 23.3 Å². The summed E-state index contributed by atoms with van der Waals surface area (Å²) < 4.78 is 57.4. The van der Waals surface area contributed by atoms with Gasteiger partial charge in [0.05, 0.1) is 0 Å². The minimum absolute atomic E-state index is 0.196. The standard InChI is InChI=1S/C29H35F4N/c1-18-26-22(14-17-25(30)29(26)33)10-11-23(28(32)27(18)31)5-3-2-4-19-6-8-20(9-7-19)21-12-15-24(34)16-13-21/h2,4,11,14,17,19-21,24H,1,3,5-10,12-13,15-16,34H2/b4-2+,23-11-,28-27-. The van der Waals surface area contributed by atoms with Crippen molar-refractivity contribution in [2.75, 3.05) is 0 Å². The van der Waals surface area contributed by atoms with Crippen molar-refractivity contribution in [3.63, 3.8) is 0 Å². The van der Waals surface area contributed by atoms with Crippen molar-refractivity contribution in [3.05, 3.63) is 76.9 Å². The molecule has 0 aromatic heterocycles. The number of benzene rings is 1. The van der Waals surface area contributed by atoms with Crippen molar-refractivity contribution in [1.29, 1.82) is 0 Å². The molecular weight excluding hydrogens is 438 g/mol. The van der Waals surface area contributed by atoms with Crippen LogP contribution in [-0.2, 0) is 6.42 Å². The molecule has 0 heterocycles. The highest BCUT2D eigenvalue weighted by Gasteiger charge is 2.29. The van der Waals surface area contributed by atoms with Crippen molar-refractivity contribution in [2.45, 2.75) is 76.7 Å². The van der Waals surface area contributed by atoms with Gasteiger partial charge in [-0.3, -0.25) is 0 Å². The molecule has 0 bridgehead atoms. The molecule has 2 saturated carbocycles. The molecule has 3 aliphatic carbocycles. The molecule has 5 heteroatoms. The van der Waals surface area contributed by atoms with Crippen LogP contribution in [0.3, 0.4) is 0 Å². The van der Waals surface area contributed by atoms with E-state index >= 15 is 0 Å². The van der Waals surface area contributed by atoms with E-state index in [1.54, 1.807) is 6.08 Å². The number of hydrogen-bond donors (Lipinski definition) is 1. The van der Waals surface area contributed by atoms with Gasteiger partial charge in [0.1, 0.15) is 0 Å². The molecule has 4 rings (SSSR count). The lowest BCUT2D eigenvalue weighted by atomic mass is 9.70. The van der Waals surface area contributed by atoms with Gasteiger partial charge in [0.25, 0.3) is 0 Å². The monoisotopic (exact) mass is 473 g/mol. The highest BCUT2D eigenvalue weighted by Crippen LogP contribution is 2.40. The number of rotatable bonds is 5. The van der Waals surface area contributed by atoms with Gasteiger partial charge in [-0.25, -0.2) is 17.6 Å². The van der Waals surface area contributed by atoms with Crippen molar-refractivity contribution in [3.8, 4) is 0 Å². The molecule has 34 heavy (non-hydrogen) atoms. The average molecular weight is 474 g/mol. The molecule has 184 valence electrons. The minimum atomic E-state index is -1.22. The fourth-order valence-electron chi connectivity index (χ4n) is 5.96. The van der Waals surface area contributed by atoms with E-state index in [4.69, 9.17) is 5.73 Å². The maximum atomic E-state index is 14.8. The van der Waals surface area contributed by atoms with Gasteiger partial charge < -0.3 is 5.73 Å². The molecule has 0 atom stereocenters. The van der Waals surface area contributed by atoms with Crippen molar-refractivity contribution < 1.29 is 17.6 Å². The Kier molecular flexibility index (Phi) is 8.13. The Morgan fingerprint density at radius 1 is 0.882 bits per heavy atom. The van der Waals surface area contributed by atoms with E-state index in [0.717, 1.165) is 30.7 Å². The molecule has 1 nitrogen and oxygen atoms in total. The molecule has 0 spiro atoms. The second kappa shape index (κ2) is 11.1. The summed E-state index contributed by atoms with van der Waals surface area (Å²) in [5.74, 6) is -2.32. The van der Waals surface area contributed by atoms with Crippen LogP contribution in [0.25, 0.3) is 5.57 Å². The third-order valence-corrected chi connectivity index (χ3v) is 8.08. The largest absolute Gasteiger partial charge is 0.328 e. The lowest BCUT2D eigenvalue weighted by Crippen LogP contribution is -2.31. The van der Waals surface area contributed by atoms with Gasteiger partial charge in [-0.1, -0.05) is 30.9 Å². The molecule has 0 radical (unpaired) electrons. The Hall–Kier alpha value is -2.14. The number of halogens is 4. The fraction of sp³-hybridized carbons (Fsp3) is 0.517. The summed E-state index contributed by atoms with van der Waals surface area (Å²) in [5.41, 5.74) is 5.97. The van der Waals surface area contributed by atoms with Crippen LogP contribution in [-0.4, -0.2) is 6.04 Å². The van der Waals surface area contributed by atoms with Crippen LogP contribution in [0.2, 0.25) is 0 Å². The predicted octanol–water partition coefficient (Wildman–Crippen LogP) is 8.27. The molecular formula is C29H35F4N. The first kappa shape index (κ1) is 25.0. The summed E-state index contributed by atoms with van der Waals surface area (Å²) in [7, 11) is 0. The normalized spacial score (nSPS) is 32.1. The number of fused-ring (bicyclic) bond motifs is 1. The summed E-state index contributed by atoms with van der Waals surface area (Å²) >= 11 is 0. The third-order valence-electron chi connectivity index (χ3n) is 8.08. The van der Waals surface area contributed by atoms with Crippen LogP contribution in [0.15, 0.2) is 54.2 Å². The number of hydrogen-bond acceptors (Lipinski definition) is 1. The van der Waals surface area contributed by atoms with E-state index < -0.39 is 28.9 Å². The number of nitrogens with two attached hydrogens (primary N) is 1. The summed E-state index contributed by atoms with van der Waals surface area (Å²) in [6.07, 6.45) is 16.8. The molecule has 2 N–H and O–H groups in total. The van der Waals surface area contributed by atoms with E-state index in [2.05, 4.69) is 18.7 Å². The maximum absolute atomic E-state index is 14.8. The Morgan fingerprint density at radius 2 is 1.53 bits per heavy atom. The molecule has 0 unspecified atom stereocenters. The van der Waals surface area contributed by atoms with Crippen molar-refractivity contribution >= 4 is 5.57 Å². The van der Waals surface area contributed by atoms with Crippen LogP contribution in [0.5, 0.6) is 0 Å². The molecule has 1 aromatic carbocycles. The molecule has 2 fully saturated rings. The SMILES string of the molecule is C=C1/C(F)=C(F)\C(CC/C=C/C2CCC(C3CCC(N)CC3)CC2)=C/Cc2ccc(F)c(F)c21. The molecule has 0 amide bonds. The van der Waals surface area contributed by atoms with E-state index in [-0.39, 0.29) is 17.6 Å². The Morgan fingerprint density at radius 3 is 2.21 bits per heavy atom. The van der Waals surface area contributed by atoms with E-state index in [1.807, 2.05) is 0 Å². The van der Waals surface area contributed by atoms with Crippen LogP contribution in [0.4, 0.5) is 17.6 Å². The summed E-state index contributed by atoms with van der Waals surface area (Å²) in [6, 6.07) is 2.81. The Bertz CT molecular complexity index is 990. The first-order valence-corrected chi connectivity index (χ1v) is 12.7. The molecule has 1 aromatic rings. The maximum Gasteiger partial charge on any atom is 0.167 e. The molecule has 0 aliphatic heterocycles. The fourth-order valence-corrected chi connectivity index (χ4v) is 5.96. The topological polar surface area (TPSA) is 26.0 Å². The Balaban J connectivity index is 1.32. The van der Waals surface area contributed by atoms with E-state index in [9.17, 15) is 17.6 Å². The second-order valence-electron chi connectivity index (χ2n) is 10.3. The lowest BCUT2D eigenvalue weighted by molar-refractivity contribution is 0.172. The Labute approximate surface area is 200 Å². The van der Waals surface area contributed by atoms with Gasteiger partial charge in [-0.15, -0.1) is 0 Å². The van der Waals surface area contributed by atoms with E-state index in [0.29, 0.717) is 30.4 Å². The van der Waals surface area contributed by atoms with E-state index in [1.165, 1.54) is 44.6 Å². The number of allylic oxidation sites excluding steroid dienone is 7. The average Bonchev–Trinajstić information content (AvgIpc) is 2.85. The van der Waals surface area contributed by atoms with Crippen LogP contribution >= 0.6 is 0 Å². The zero-order valence-electron chi connectivity index (χ0n) is 19.8. The van der Waals surface area contributed by atoms with Gasteiger partial charge in [0, 0.05) is 17.2 Å². The second-order valence-corrected chi connectivity index (χ2v) is 10.3. The summed E-state index contributed by atoms with van der Waals surface area (Å²) in [4.78, 5) is 0. The molecule has 0 saturated heterocycles. The van der Waals surface area contributed by atoms with Crippen LogP contribution in [0, 0.1) is 29.4 Å². The molecule has 3 aliphatic rings. The van der Waals surface area contributed by atoms with Crippen LogP contribution < -0.4 is 5.73 Å². The van der Waals surface area contributed by atoms with Gasteiger partial charge in [-0.2, -0.15) is 0 Å². The lowest BCUT2D eigenvalue weighted by Gasteiger charge is -2.36. The zero-order valence-corrected chi connectivity index (χ0v) is 19.8. The van der Waals surface area contributed by atoms with Gasteiger partial charge in [0.2, 0.25) is 0 Å². The van der Waals surface area contributed by atoms with Gasteiger partial charge in [-0.05, 0) is 106 Å². The third kappa shape index (κ3) is 5.56. The van der Waals surface area contributed by atoms with Crippen molar-refractivity contribution in [2.24, 2.45) is 23.5 Å². The van der Waals surface area contributed by atoms with Gasteiger partial charge >= 0.3 is 0 Å². The first-order chi connectivity index (χ1) is 16.3. The summed E-state index contributed by atoms with van der Waals surface area (Å²) in [5, 5.41) is 0. The smallest absolute Gasteiger partial charge is 0.167 e. The zero-order chi connectivity index (χ0) is 24.2. The van der Waals surface area contributed by atoms with Crippen LogP contribution in [0.1, 0.15) is 75.3 Å². The summed E-state index contributed by atoms with van der Waals surface area (Å²) in [6.45, 7) is 3.50. The highest BCUT2D eigenvalue weighted by molar-refractivity contribution is 5.79. The predicted molar refractivity (Wildman–Crippen MR) is 130 cm³/mol. The first-order valence-electron chi connectivity index (χ1n) is 12.7. The quantitative estimate of drug-likeness (QED) is 0.338. The minimum Gasteiger partial charge on any atom is -0.328 e. The van der Waals surface area contributed by atoms with Crippen molar-refractivity contribution in [1.82, 2.24) is 0 Å². The highest BCUT2D eigenvalue weighted by atomic mass is 19.2.